The molecular weight excluding hydrogens is 250 g/mol. The maximum Gasteiger partial charge on any atom is 0.270 e. The predicted octanol–water partition coefficient (Wildman–Crippen LogP) is 1.95. The summed E-state index contributed by atoms with van der Waals surface area (Å²) in [4.78, 5) is 18.3. The van der Waals surface area contributed by atoms with Crippen molar-refractivity contribution in [3.05, 3.63) is 29.0 Å². The van der Waals surface area contributed by atoms with Gasteiger partial charge in [-0.25, -0.2) is 4.98 Å². The van der Waals surface area contributed by atoms with Crippen LogP contribution in [0, 0.1) is 0 Å². The van der Waals surface area contributed by atoms with Gasteiger partial charge in [0.2, 0.25) is 0 Å². The Morgan fingerprint density at radius 3 is 2.89 bits per heavy atom. The fourth-order valence-electron chi connectivity index (χ4n) is 2.23. The van der Waals surface area contributed by atoms with Crippen LogP contribution in [0.25, 0.3) is 0 Å². The minimum absolute atomic E-state index is 0.122. The second kappa shape index (κ2) is 6.16. The van der Waals surface area contributed by atoms with E-state index in [0.717, 1.165) is 19.6 Å². The largest absolute Gasteiger partial charge is 0.347 e. The summed E-state index contributed by atoms with van der Waals surface area (Å²) in [5.41, 5.74) is 0.371. The molecule has 5 heteroatoms. The lowest BCUT2D eigenvalue weighted by Crippen LogP contribution is -2.41. The van der Waals surface area contributed by atoms with E-state index in [1.165, 1.54) is 12.8 Å². The Morgan fingerprint density at radius 2 is 2.22 bits per heavy atom. The van der Waals surface area contributed by atoms with Crippen LogP contribution in [-0.4, -0.2) is 41.5 Å². The second-order valence-electron chi connectivity index (χ2n) is 4.73. The predicted molar refractivity (Wildman–Crippen MR) is 71.8 cm³/mol. The van der Waals surface area contributed by atoms with Crippen molar-refractivity contribution in [2.45, 2.75) is 25.8 Å². The molecule has 1 atom stereocenters. The fraction of sp³-hybridized carbons (Fsp3) is 0.538. The van der Waals surface area contributed by atoms with Crippen molar-refractivity contribution in [1.82, 2.24) is 15.2 Å². The first-order valence-electron chi connectivity index (χ1n) is 6.31. The van der Waals surface area contributed by atoms with Gasteiger partial charge < -0.3 is 10.2 Å². The van der Waals surface area contributed by atoms with Gasteiger partial charge in [-0.1, -0.05) is 17.7 Å². The monoisotopic (exact) mass is 267 g/mol. The first kappa shape index (κ1) is 13.3. The van der Waals surface area contributed by atoms with Crippen LogP contribution in [0.2, 0.25) is 5.15 Å². The van der Waals surface area contributed by atoms with E-state index in [4.69, 9.17) is 11.6 Å². The first-order valence-corrected chi connectivity index (χ1v) is 6.69. The van der Waals surface area contributed by atoms with Gasteiger partial charge in [-0.2, -0.15) is 0 Å². The number of hydrogen-bond donors (Lipinski definition) is 1. The average molecular weight is 268 g/mol. The Labute approximate surface area is 112 Å². The van der Waals surface area contributed by atoms with Gasteiger partial charge in [-0.05, 0) is 45.0 Å². The summed E-state index contributed by atoms with van der Waals surface area (Å²) < 4.78 is 0. The summed E-state index contributed by atoms with van der Waals surface area (Å²) in [6, 6.07) is 5.18. The van der Waals surface area contributed by atoms with Crippen molar-refractivity contribution in [1.29, 1.82) is 0 Å². The molecule has 1 fully saturated rings. The molecule has 18 heavy (non-hydrogen) atoms. The van der Waals surface area contributed by atoms with Crippen molar-refractivity contribution in [2.24, 2.45) is 0 Å². The topological polar surface area (TPSA) is 45.2 Å². The van der Waals surface area contributed by atoms with Crippen LogP contribution in [0.4, 0.5) is 0 Å². The van der Waals surface area contributed by atoms with E-state index in [-0.39, 0.29) is 11.9 Å². The molecule has 98 valence electrons. The van der Waals surface area contributed by atoms with E-state index in [2.05, 4.69) is 15.2 Å². The normalized spacial score (nSPS) is 17.7. The third-order valence-corrected chi connectivity index (χ3v) is 3.27. The molecule has 1 amide bonds. The molecule has 4 nitrogen and oxygen atoms in total. The van der Waals surface area contributed by atoms with E-state index >= 15 is 0 Å². The first-order chi connectivity index (χ1) is 8.65. The summed E-state index contributed by atoms with van der Waals surface area (Å²) in [7, 11) is 0. The van der Waals surface area contributed by atoms with Gasteiger partial charge in [-0.3, -0.25) is 4.79 Å². The molecule has 1 aromatic heterocycles. The highest BCUT2D eigenvalue weighted by Crippen LogP contribution is 2.08. The summed E-state index contributed by atoms with van der Waals surface area (Å²) >= 11 is 5.76. The number of nitrogens with zero attached hydrogens (tertiary/aromatic N) is 2. The van der Waals surface area contributed by atoms with Crippen molar-refractivity contribution >= 4 is 17.5 Å². The van der Waals surface area contributed by atoms with E-state index in [1.807, 2.05) is 6.92 Å². The van der Waals surface area contributed by atoms with Crippen LogP contribution in [0.3, 0.4) is 0 Å². The van der Waals surface area contributed by atoms with Crippen LogP contribution in [0.1, 0.15) is 30.3 Å². The summed E-state index contributed by atoms with van der Waals surface area (Å²) in [6.45, 7) is 5.18. The number of rotatable bonds is 4. The molecule has 0 radical (unpaired) electrons. The smallest absolute Gasteiger partial charge is 0.270 e. The summed E-state index contributed by atoms with van der Waals surface area (Å²) in [5, 5.41) is 3.29. The quantitative estimate of drug-likeness (QED) is 0.848. The fourth-order valence-corrected chi connectivity index (χ4v) is 2.39. The Kier molecular flexibility index (Phi) is 4.55. The van der Waals surface area contributed by atoms with Crippen molar-refractivity contribution in [3.8, 4) is 0 Å². The van der Waals surface area contributed by atoms with Gasteiger partial charge in [0.25, 0.3) is 5.91 Å². The van der Waals surface area contributed by atoms with Crippen LogP contribution >= 0.6 is 11.6 Å². The maximum absolute atomic E-state index is 11.9. The van der Waals surface area contributed by atoms with Gasteiger partial charge in [0.05, 0.1) is 0 Å². The molecule has 1 saturated heterocycles. The molecule has 1 aliphatic rings. The van der Waals surface area contributed by atoms with Crippen LogP contribution < -0.4 is 5.32 Å². The van der Waals surface area contributed by atoms with E-state index < -0.39 is 0 Å². The molecule has 0 spiro atoms. The van der Waals surface area contributed by atoms with E-state index in [1.54, 1.807) is 18.2 Å². The molecule has 1 aliphatic heterocycles. The Bertz CT molecular complexity index is 418. The lowest BCUT2D eigenvalue weighted by Gasteiger charge is -2.21. The number of pyridine rings is 1. The van der Waals surface area contributed by atoms with Gasteiger partial charge >= 0.3 is 0 Å². The SMILES string of the molecule is CC(CN1CCCC1)NC(=O)c1cccc(Cl)n1. The number of aromatic nitrogens is 1. The lowest BCUT2D eigenvalue weighted by atomic mass is 10.2. The van der Waals surface area contributed by atoms with Crippen LogP contribution in [0.15, 0.2) is 18.2 Å². The number of nitrogens with one attached hydrogen (secondary N) is 1. The van der Waals surface area contributed by atoms with Crippen molar-refractivity contribution < 1.29 is 4.79 Å². The molecule has 1 unspecified atom stereocenters. The highest BCUT2D eigenvalue weighted by Gasteiger charge is 2.17. The number of carbonyl (C=O) groups excluding carboxylic acids is 1. The third kappa shape index (κ3) is 3.68. The Hall–Kier alpha value is -1.13. The molecule has 0 saturated carbocycles. The lowest BCUT2D eigenvalue weighted by molar-refractivity contribution is 0.0927. The number of likely N-dealkylation sites (tertiary alicyclic amines) is 1. The second-order valence-corrected chi connectivity index (χ2v) is 5.12. The van der Waals surface area contributed by atoms with Gasteiger partial charge in [-0.15, -0.1) is 0 Å². The maximum atomic E-state index is 11.9. The molecule has 2 heterocycles. The number of amides is 1. The van der Waals surface area contributed by atoms with E-state index in [9.17, 15) is 4.79 Å². The van der Waals surface area contributed by atoms with E-state index in [0.29, 0.717) is 10.8 Å². The molecule has 1 N–H and O–H groups in total. The summed E-state index contributed by atoms with van der Waals surface area (Å²) in [5.74, 6) is -0.163. The molecular formula is C13H18ClN3O. The molecule has 1 aromatic rings. The molecule has 0 aliphatic carbocycles. The van der Waals surface area contributed by atoms with Gasteiger partial charge in [0, 0.05) is 12.6 Å². The number of halogens is 1. The molecule has 0 bridgehead atoms. The number of hydrogen-bond acceptors (Lipinski definition) is 3. The zero-order chi connectivity index (χ0) is 13.0. The minimum atomic E-state index is -0.163. The van der Waals surface area contributed by atoms with Crippen LogP contribution in [-0.2, 0) is 0 Å². The zero-order valence-corrected chi connectivity index (χ0v) is 11.3. The molecule has 0 aromatic carbocycles. The average Bonchev–Trinajstić information content (AvgIpc) is 2.81. The summed E-state index contributed by atoms with van der Waals surface area (Å²) in [6.07, 6.45) is 2.52. The Morgan fingerprint density at radius 1 is 1.50 bits per heavy atom. The zero-order valence-electron chi connectivity index (χ0n) is 10.5. The van der Waals surface area contributed by atoms with Crippen molar-refractivity contribution in [3.63, 3.8) is 0 Å². The Balaban J connectivity index is 1.86. The van der Waals surface area contributed by atoms with Gasteiger partial charge in [0.15, 0.2) is 0 Å². The number of carbonyl (C=O) groups is 1. The highest BCUT2D eigenvalue weighted by molar-refractivity contribution is 6.29. The minimum Gasteiger partial charge on any atom is -0.347 e. The highest BCUT2D eigenvalue weighted by atomic mass is 35.5. The van der Waals surface area contributed by atoms with Crippen molar-refractivity contribution in [2.75, 3.05) is 19.6 Å². The van der Waals surface area contributed by atoms with Gasteiger partial charge in [0.1, 0.15) is 10.8 Å². The van der Waals surface area contributed by atoms with Crippen LogP contribution in [0.5, 0.6) is 0 Å². The third-order valence-electron chi connectivity index (χ3n) is 3.06. The molecule has 2 rings (SSSR count). The standard InChI is InChI=1S/C13H18ClN3O/c1-10(9-17-7-2-3-8-17)15-13(18)11-5-4-6-12(14)16-11/h4-6,10H,2-3,7-9H2,1H3,(H,15,18).